The van der Waals surface area contributed by atoms with Crippen LogP contribution >= 0.6 is 15.9 Å². The molecule has 0 radical (unpaired) electrons. The Kier molecular flexibility index (Phi) is 4.04. The van der Waals surface area contributed by atoms with Crippen molar-refractivity contribution >= 4 is 21.7 Å². The maximum absolute atomic E-state index is 13.0. The predicted molar refractivity (Wildman–Crippen MR) is 68.5 cm³/mol. The van der Waals surface area contributed by atoms with E-state index in [1.165, 1.54) is 0 Å². The zero-order valence-electron chi connectivity index (χ0n) is 9.59. The first-order chi connectivity index (χ1) is 8.97. The Morgan fingerprint density at radius 1 is 1.00 bits per heavy atom. The van der Waals surface area contributed by atoms with Crippen molar-refractivity contribution < 1.29 is 18.0 Å². The molecule has 0 aliphatic rings. The number of rotatable bonds is 3. The molecule has 98 valence electrons. The first-order valence-electron chi connectivity index (χ1n) is 5.39. The average molecular weight is 329 g/mol. The molecule has 0 bridgehead atoms. The second-order valence-electron chi connectivity index (χ2n) is 3.98. The summed E-state index contributed by atoms with van der Waals surface area (Å²) in [5.74, 6) is -4.77. The summed E-state index contributed by atoms with van der Waals surface area (Å²) in [6.45, 7) is 0. The summed E-state index contributed by atoms with van der Waals surface area (Å²) in [4.78, 5) is 11.8. The van der Waals surface area contributed by atoms with Gasteiger partial charge in [0.15, 0.2) is 23.2 Å². The number of ketones is 1. The molecule has 0 atom stereocenters. The third-order valence-corrected chi connectivity index (χ3v) is 3.11. The largest absolute Gasteiger partial charge is 0.294 e. The molecule has 0 N–H and O–H groups in total. The van der Waals surface area contributed by atoms with E-state index in [9.17, 15) is 18.0 Å². The van der Waals surface area contributed by atoms with Gasteiger partial charge < -0.3 is 0 Å². The van der Waals surface area contributed by atoms with Crippen LogP contribution in [-0.4, -0.2) is 5.78 Å². The summed E-state index contributed by atoms with van der Waals surface area (Å²) in [5.41, 5.74) is 0.526. The van der Waals surface area contributed by atoms with Crippen molar-refractivity contribution in [3.63, 3.8) is 0 Å². The minimum atomic E-state index is -1.57. The van der Waals surface area contributed by atoms with Crippen molar-refractivity contribution in [1.82, 2.24) is 0 Å². The highest BCUT2D eigenvalue weighted by molar-refractivity contribution is 9.10. The number of hydrogen-bond acceptors (Lipinski definition) is 1. The van der Waals surface area contributed by atoms with Crippen LogP contribution in [0.25, 0.3) is 0 Å². The molecule has 0 amide bonds. The first kappa shape index (κ1) is 13.8. The number of carbonyl (C=O) groups excluding carboxylic acids is 1. The molecule has 19 heavy (non-hydrogen) atoms. The number of Topliss-reactive ketones (excluding diaryl/α,β-unsaturated/α-hetero) is 1. The van der Waals surface area contributed by atoms with Crippen LogP contribution in [-0.2, 0) is 6.42 Å². The van der Waals surface area contributed by atoms with Crippen molar-refractivity contribution in [3.05, 3.63) is 69.4 Å². The van der Waals surface area contributed by atoms with Crippen LogP contribution in [0.15, 0.2) is 40.9 Å². The summed E-state index contributed by atoms with van der Waals surface area (Å²) in [6, 6.07) is 8.37. The minimum absolute atomic E-state index is 0.00219. The molecule has 2 aromatic carbocycles. The van der Waals surface area contributed by atoms with Crippen molar-refractivity contribution in [2.75, 3.05) is 0 Å². The van der Waals surface area contributed by atoms with Crippen LogP contribution in [0.4, 0.5) is 13.2 Å². The Labute approximate surface area is 116 Å². The Morgan fingerprint density at radius 3 is 2.05 bits per heavy atom. The third kappa shape index (κ3) is 3.23. The van der Waals surface area contributed by atoms with Gasteiger partial charge in [-0.1, -0.05) is 28.1 Å². The normalized spacial score (nSPS) is 10.5. The fourth-order valence-corrected chi connectivity index (χ4v) is 1.87. The van der Waals surface area contributed by atoms with E-state index in [4.69, 9.17) is 0 Å². The Balaban J connectivity index is 2.23. The fraction of sp³-hybridized carbons (Fsp3) is 0.0714. The monoisotopic (exact) mass is 328 g/mol. The molecule has 2 rings (SSSR count). The van der Waals surface area contributed by atoms with E-state index < -0.39 is 23.2 Å². The Hall–Kier alpha value is -1.62. The highest BCUT2D eigenvalue weighted by Crippen LogP contribution is 2.17. The standard InChI is InChI=1S/C14H8BrF3O/c15-10-3-1-8(2-4-10)5-13(19)9-6-11(16)14(18)12(17)7-9/h1-4,6-7H,5H2. The summed E-state index contributed by atoms with van der Waals surface area (Å²) in [6.07, 6.45) is -0.00219. The summed E-state index contributed by atoms with van der Waals surface area (Å²) < 4.78 is 39.7. The molecule has 0 spiro atoms. The van der Waals surface area contributed by atoms with Crippen LogP contribution in [0.3, 0.4) is 0 Å². The van der Waals surface area contributed by atoms with E-state index in [0.29, 0.717) is 17.7 Å². The van der Waals surface area contributed by atoms with Crippen molar-refractivity contribution in [2.24, 2.45) is 0 Å². The lowest BCUT2D eigenvalue weighted by Gasteiger charge is -2.03. The van der Waals surface area contributed by atoms with Gasteiger partial charge in [0.1, 0.15) is 0 Å². The maximum Gasteiger partial charge on any atom is 0.194 e. The van der Waals surface area contributed by atoms with Gasteiger partial charge in [0, 0.05) is 16.5 Å². The molecular formula is C14H8BrF3O. The predicted octanol–water partition coefficient (Wildman–Crippen LogP) is 4.29. The van der Waals surface area contributed by atoms with Gasteiger partial charge in [0.25, 0.3) is 0 Å². The van der Waals surface area contributed by atoms with Crippen LogP contribution in [0.2, 0.25) is 0 Å². The molecule has 1 nitrogen and oxygen atoms in total. The lowest BCUT2D eigenvalue weighted by molar-refractivity contribution is 0.0992. The van der Waals surface area contributed by atoms with E-state index >= 15 is 0 Å². The minimum Gasteiger partial charge on any atom is -0.294 e. The molecular weight excluding hydrogens is 321 g/mol. The molecule has 0 heterocycles. The van der Waals surface area contributed by atoms with E-state index in [-0.39, 0.29) is 12.0 Å². The number of halogens is 4. The van der Waals surface area contributed by atoms with Gasteiger partial charge >= 0.3 is 0 Å². The van der Waals surface area contributed by atoms with Gasteiger partial charge in [0.05, 0.1) is 0 Å². The molecule has 0 aliphatic heterocycles. The quantitative estimate of drug-likeness (QED) is 0.606. The van der Waals surface area contributed by atoms with E-state index in [0.717, 1.165) is 4.47 Å². The number of carbonyl (C=O) groups is 1. The molecule has 0 unspecified atom stereocenters. The van der Waals surface area contributed by atoms with Gasteiger partial charge in [-0.15, -0.1) is 0 Å². The van der Waals surface area contributed by atoms with E-state index in [1.807, 2.05) is 0 Å². The van der Waals surface area contributed by atoms with Crippen LogP contribution in [0.5, 0.6) is 0 Å². The first-order valence-corrected chi connectivity index (χ1v) is 6.19. The summed E-state index contributed by atoms with van der Waals surface area (Å²) in [5, 5.41) is 0. The summed E-state index contributed by atoms with van der Waals surface area (Å²) >= 11 is 3.26. The molecule has 0 aromatic heterocycles. The zero-order chi connectivity index (χ0) is 14.0. The zero-order valence-corrected chi connectivity index (χ0v) is 11.2. The number of benzene rings is 2. The maximum atomic E-state index is 13.0. The molecule has 0 fully saturated rings. The molecule has 0 aliphatic carbocycles. The van der Waals surface area contributed by atoms with Crippen molar-refractivity contribution in [2.45, 2.75) is 6.42 Å². The highest BCUT2D eigenvalue weighted by atomic mass is 79.9. The van der Waals surface area contributed by atoms with Gasteiger partial charge in [-0.2, -0.15) is 0 Å². The SMILES string of the molecule is O=C(Cc1ccc(Br)cc1)c1cc(F)c(F)c(F)c1. The van der Waals surface area contributed by atoms with Gasteiger partial charge in [-0.3, -0.25) is 4.79 Å². The van der Waals surface area contributed by atoms with Gasteiger partial charge in [-0.25, -0.2) is 13.2 Å². The third-order valence-electron chi connectivity index (χ3n) is 2.58. The molecule has 0 saturated carbocycles. The van der Waals surface area contributed by atoms with Crippen LogP contribution in [0, 0.1) is 17.5 Å². The Morgan fingerprint density at radius 2 is 1.53 bits per heavy atom. The second kappa shape index (κ2) is 5.57. The lowest BCUT2D eigenvalue weighted by Crippen LogP contribution is -2.06. The Bertz CT molecular complexity index is 600. The van der Waals surface area contributed by atoms with Crippen molar-refractivity contribution in [1.29, 1.82) is 0 Å². The smallest absolute Gasteiger partial charge is 0.194 e. The molecule has 5 heteroatoms. The van der Waals surface area contributed by atoms with Crippen molar-refractivity contribution in [3.8, 4) is 0 Å². The molecule has 2 aromatic rings. The van der Waals surface area contributed by atoms with Gasteiger partial charge in [0.2, 0.25) is 0 Å². The average Bonchev–Trinajstić information content (AvgIpc) is 2.38. The molecule has 0 saturated heterocycles. The second-order valence-corrected chi connectivity index (χ2v) is 4.90. The van der Waals surface area contributed by atoms with Gasteiger partial charge in [-0.05, 0) is 29.8 Å². The van der Waals surface area contributed by atoms with E-state index in [2.05, 4.69) is 15.9 Å². The van der Waals surface area contributed by atoms with Crippen LogP contribution in [0.1, 0.15) is 15.9 Å². The highest BCUT2D eigenvalue weighted by Gasteiger charge is 2.15. The summed E-state index contributed by atoms with van der Waals surface area (Å²) in [7, 11) is 0. The fourth-order valence-electron chi connectivity index (χ4n) is 1.61. The van der Waals surface area contributed by atoms with E-state index in [1.54, 1.807) is 24.3 Å². The number of hydrogen-bond donors (Lipinski definition) is 0. The topological polar surface area (TPSA) is 17.1 Å². The lowest BCUT2D eigenvalue weighted by atomic mass is 10.0. The van der Waals surface area contributed by atoms with Crippen LogP contribution < -0.4 is 0 Å².